The zero-order valence-corrected chi connectivity index (χ0v) is 19.8. The Morgan fingerprint density at radius 1 is 1.23 bits per heavy atom. The van der Waals surface area contributed by atoms with Gasteiger partial charge in [-0.1, -0.05) is 49.6 Å². The SMILES string of the molecule is Cc1ccc(Cl)cc1N1CCN(C[C@@H]2C(=O)O[C@@H]3C[C@@]4(C)CCC[C@H](C)C4=C[C@@H]23)CC1. The molecule has 0 N–H and O–H groups in total. The number of carbonyl (C=O) groups is 1. The Bertz CT molecular complexity index is 891. The summed E-state index contributed by atoms with van der Waals surface area (Å²) in [5, 5.41) is 0.789. The molecule has 0 aromatic heterocycles. The molecule has 5 rings (SSSR count). The maximum absolute atomic E-state index is 12.9. The van der Waals surface area contributed by atoms with Gasteiger partial charge in [0.15, 0.2) is 0 Å². The number of anilines is 1. The number of halogens is 1. The number of hydrogen-bond acceptors (Lipinski definition) is 4. The minimum atomic E-state index is -0.0179. The third kappa shape index (κ3) is 3.91. The maximum Gasteiger partial charge on any atom is 0.311 e. The topological polar surface area (TPSA) is 32.8 Å². The number of carbonyl (C=O) groups excluding carboxylic acids is 1. The van der Waals surface area contributed by atoms with Crippen molar-refractivity contribution in [2.45, 2.75) is 52.6 Å². The van der Waals surface area contributed by atoms with E-state index in [0.29, 0.717) is 5.92 Å². The average molecular weight is 443 g/mol. The van der Waals surface area contributed by atoms with E-state index in [0.717, 1.165) is 44.2 Å². The van der Waals surface area contributed by atoms with Gasteiger partial charge >= 0.3 is 5.97 Å². The molecule has 5 heteroatoms. The van der Waals surface area contributed by atoms with Gasteiger partial charge in [-0.15, -0.1) is 0 Å². The molecule has 4 nitrogen and oxygen atoms in total. The molecular weight excluding hydrogens is 408 g/mol. The Kier molecular flexibility index (Phi) is 5.58. The van der Waals surface area contributed by atoms with Crippen molar-refractivity contribution in [2.24, 2.45) is 23.2 Å². The van der Waals surface area contributed by atoms with Crippen molar-refractivity contribution in [1.29, 1.82) is 0 Å². The lowest BCUT2D eigenvalue weighted by molar-refractivity contribution is -0.145. The second-order valence-corrected chi connectivity index (χ2v) is 11.0. The zero-order chi connectivity index (χ0) is 21.8. The molecule has 2 heterocycles. The van der Waals surface area contributed by atoms with Crippen LogP contribution in [0.3, 0.4) is 0 Å². The van der Waals surface area contributed by atoms with Crippen molar-refractivity contribution in [3.63, 3.8) is 0 Å². The molecular formula is C26H35ClN2O2. The summed E-state index contributed by atoms with van der Waals surface area (Å²) in [7, 11) is 0. The van der Waals surface area contributed by atoms with Crippen LogP contribution in [-0.4, -0.2) is 49.7 Å². The van der Waals surface area contributed by atoms with Crippen molar-refractivity contribution in [1.82, 2.24) is 4.90 Å². The summed E-state index contributed by atoms with van der Waals surface area (Å²) in [6.07, 6.45) is 7.37. The molecule has 4 aliphatic rings. The van der Waals surface area contributed by atoms with Gasteiger partial charge in [0.25, 0.3) is 0 Å². The first-order valence-electron chi connectivity index (χ1n) is 12.0. The number of esters is 1. The van der Waals surface area contributed by atoms with Crippen LogP contribution in [-0.2, 0) is 9.53 Å². The molecule has 0 radical (unpaired) electrons. The first kappa shape index (κ1) is 21.3. The molecule has 1 aromatic carbocycles. The van der Waals surface area contributed by atoms with E-state index >= 15 is 0 Å². The summed E-state index contributed by atoms with van der Waals surface area (Å²) < 4.78 is 5.95. The fourth-order valence-electron chi connectivity index (χ4n) is 6.63. The normalized spacial score (nSPS) is 35.9. The first-order valence-corrected chi connectivity index (χ1v) is 12.4. The highest BCUT2D eigenvalue weighted by Crippen LogP contribution is 2.54. The molecule has 2 aliphatic heterocycles. The van der Waals surface area contributed by atoms with Gasteiger partial charge in [-0.25, -0.2) is 0 Å². The zero-order valence-electron chi connectivity index (χ0n) is 19.1. The molecule has 5 atom stereocenters. The number of aryl methyl sites for hydroxylation is 1. The second kappa shape index (κ2) is 8.12. The highest BCUT2D eigenvalue weighted by Gasteiger charge is 2.52. The van der Waals surface area contributed by atoms with Crippen molar-refractivity contribution < 1.29 is 9.53 Å². The standard InChI is InChI=1S/C26H35ClN2O2/c1-17-5-4-8-26(3)15-24-20(14-22(17)26)21(25(30)31-24)16-28-9-11-29(12-10-28)23-13-19(27)7-6-18(23)2/h6-7,13-14,17,20-21,24H,4-5,8-12,15-16H2,1-3H3/t17-,20-,21-,24+,26+/m0/s1. The number of nitrogens with zero attached hydrogens (tertiary/aromatic N) is 2. The number of ether oxygens (including phenoxy) is 1. The van der Waals surface area contributed by atoms with E-state index in [1.165, 1.54) is 30.5 Å². The van der Waals surface area contributed by atoms with Gasteiger partial charge in [0.2, 0.25) is 0 Å². The minimum Gasteiger partial charge on any atom is -0.461 e. The first-order chi connectivity index (χ1) is 14.8. The molecule has 3 fully saturated rings. The van der Waals surface area contributed by atoms with Crippen molar-refractivity contribution in [2.75, 3.05) is 37.6 Å². The Balaban J connectivity index is 1.27. The summed E-state index contributed by atoms with van der Waals surface area (Å²) in [6.45, 7) is 11.6. The average Bonchev–Trinajstić information content (AvgIpc) is 3.02. The summed E-state index contributed by atoms with van der Waals surface area (Å²) in [5.74, 6) is 0.898. The van der Waals surface area contributed by atoms with Crippen molar-refractivity contribution in [3.05, 3.63) is 40.4 Å². The molecule has 0 spiro atoms. The molecule has 0 amide bonds. The van der Waals surface area contributed by atoms with E-state index in [4.69, 9.17) is 16.3 Å². The van der Waals surface area contributed by atoms with E-state index in [1.807, 2.05) is 6.07 Å². The lowest BCUT2D eigenvalue weighted by atomic mass is 9.59. The molecule has 2 saturated heterocycles. The Morgan fingerprint density at radius 2 is 2.00 bits per heavy atom. The van der Waals surface area contributed by atoms with Crippen LogP contribution in [0.15, 0.2) is 29.8 Å². The fourth-order valence-corrected chi connectivity index (χ4v) is 6.80. The third-order valence-electron chi connectivity index (χ3n) is 8.42. The minimum absolute atomic E-state index is 0.0179. The predicted octanol–water partition coefficient (Wildman–Crippen LogP) is 5.08. The lowest BCUT2D eigenvalue weighted by Gasteiger charge is -2.46. The highest BCUT2D eigenvalue weighted by molar-refractivity contribution is 6.30. The van der Waals surface area contributed by atoms with Gasteiger partial charge in [-0.2, -0.15) is 0 Å². The van der Waals surface area contributed by atoms with E-state index in [1.54, 1.807) is 5.57 Å². The molecule has 31 heavy (non-hydrogen) atoms. The van der Waals surface area contributed by atoms with Gasteiger partial charge < -0.3 is 9.64 Å². The fraction of sp³-hybridized carbons (Fsp3) is 0.654. The van der Waals surface area contributed by atoms with Crippen LogP contribution >= 0.6 is 11.6 Å². The molecule has 0 unspecified atom stereocenters. The van der Waals surface area contributed by atoms with Gasteiger partial charge in [0, 0.05) is 49.4 Å². The van der Waals surface area contributed by atoms with Crippen LogP contribution in [0.4, 0.5) is 5.69 Å². The number of piperazine rings is 1. The summed E-state index contributed by atoms with van der Waals surface area (Å²) in [5.41, 5.74) is 4.33. The van der Waals surface area contributed by atoms with E-state index in [2.05, 4.69) is 48.8 Å². The van der Waals surface area contributed by atoms with Crippen LogP contribution in [0, 0.1) is 30.1 Å². The smallest absolute Gasteiger partial charge is 0.311 e. The number of benzene rings is 1. The van der Waals surface area contributed by atoms with E-state index in [9.17, 15) is 4.79 Å². The quantitative estimate of drug-likeness (QED) is 0.482. The molecule has 0 bridgehead atoms. The van der Waals surface area contributed by atoms with Gasteiger partial charge in [-0.3, -0.25) is 9.69 Å². The molecule has 1 saturated carbocycles. The number of fused-ring (bicyclic) bond motifs is 2. The summed E-state index contributed by atoms with van der Waals surface area (Å²) >= 11 is 6.23. The van der Waals surface area contributed by atoms with Crippen molar-refractivity contribution in [3.8, 4) is 0 Å². The third-order valence-corrected chi connectivity index (χ3v) is 8.66. The lowest BCUT2D eigenvalue weighted by Crippen LogP contribution is -2.49. The Labute approximate surface area is 191 Å². The van der Waals surface area contributed by atoms with Crippen molar-refractivity contribution >= 4 is 23.3 Å². The number of rotatable bonds is 3. The molecule has 168 valence electrons. The van der Waals surface area contributed by atoms with Crippen LogP contribution < -0.4 is 4.90 Å². The number of hydrogen-bond donors (Lipinski definition) is 0. The summed E-state index contributed by atoms with van der Waals surface area (Å²) in [6, 6.07) is 6.12. The van der Waals surface area contributed by atoms with Crippen LogP contribution in [0.2, 0.25) is 5.02 Å². The van der Waals surface area contributed by atoms with Crippen LogP contribution in [0.25, 0.3) is 0 Å². The summed E-state index contributed by atoms with van der Waals surface area (Å²) in [4.78, 5) is 17.8. The highest BCUT2D eigenvalue weighted by atomic mass is 35.5. The van der Waals surface area contributed by atoms with Gasteiger partial charge in [0.05, 0.1) is 5.92 Å². The maximum atomic E-state index is 12.9. The van der Waals surface area contributed by atoms with Gasteiger partial charge in [-0.05, 0) is 55.2 Å². The predicted molar refractivity (Wildman–Crippen MR) is 126 cm³/mol. The largest absolute Gasteiger partial charge is 0.461 e. The second-order valence-electron chi connectivity index (χ2n) is 10.6. The molecule has 1 aromatic rings. The Hall–Kier alpha value is -1.52. The monoisotopic (exact) mass is 442 g/mol. The van der Waals surface area contributed by atoms with E-state index < -0.39 is 0 Å². The van der Waals surface area contributed by atoms with Gasteiger partial charge in [0.1, 0.15) is 6.10 Å². The van der Waals surface area contributed by atoms with E-state index in [-0.39, 0.29) is 29.3 Å². The molecule has 2 aliphatic carbocycles. The number of allylic oxidation sites excluding steroid dienone is 1. The Morgan fingerprint density at radius 3 is 2.77 bits per heavy atom. The van der Waals surface area contributed by atoms with Crippen LogP contribution in [0.1, 0.15) is 45.1 Å². The van der Waals surface area contributed by atoms with Crippen LogP contribution in [0.5, 0.6) is 0 Å².